The monoisotopic (exact) mass is 293 g/mol. The molecule has 0 atom stereocenters. The summed E-state index contributed by atoms with van der Waals surface area (Å²) in [7, 11) is 0. The summed E-state index contributed by atoms with van der Waals surface area (Å²) in [6, 6.07) is 0.171. The minimum Gasteiger partial charge on any atom is -0.365 e. The highest BCUT2D eigenvalue weighted by Gasteiger charge is 2.06. The number of anilines is 1. The zero-order valence-corrected chi connectivity index (χ0v) is 13.9. The van der Waals surface area contributed by atoms with Crippen LogP contribution < -0.4 is 10.9 Å². The fourth-order valence-corrected chi connectivity index (χ4v) is 2.42. The lowest BCUT2D eigenvalue weighted by molar-refractivity contribution is 0.572. The third-order valence-electron chi connectivity index (χ3n) is 3.75. The van der Waals surface area contributed by atoms with Crippen molar-refractivity contribution in [1.82, 2.24) is 9.55 Å². The summed E-state index contributed by atoms with van der Waals surface area (Å²) in [6.45, 7) is 7.09. The van der Waals surface area contributed by atoms with Crippen molar-refractivity contribution in [1.29, 1.82) is 0 Å². The van der Waals surface area contributed by atoms with Crippen molar-refractivity contribution in [2.24, 2.45) is 0 Å². The third-order valence-corrected chi connectivity index (χ3v) is 3.75. The quantitative estimate of drug-likeness (QED) is 0.616. The van der Waals surface area contributed by atoms with Crippen LogP contribution in [0.25, 0.3) is 0 Å². The van der Waals surface area contributed by atoms with Crippen LogP contribution >= 0.6 is 0 Å². The van der Waals surface area contributed by atoms with Crippen LogP contribution in [0.1, 0.15) is 78.2 Å². The average Bonchev–Trinajstić information content (AvgIpc) is 2.46. The molecular formula is C17H31N3O. The Bertz CT molecular complexity index is 440. The molecule has 1 N–H and O–H groups in total. The van der Waals surface area contributed by atoms with Crippen molar-refractivity contribution in [3.8, 4) is 0 Å². The lowest BCUT2D eigenvalue weighted by atomic mass is 10.1. The molecule has 4 nitrogen and oxygen atoms in total. The second-order valence-corrected chi connectivity index (χ2v) is 5.98. The van der Waals surface area contributed by atoms with Gasteiger partial charge in [-0.25, -0.2) is 4.98 Å². The Kier molecular flexibility index (Phi) is 8.79. The van der Waals surface area contributed by atoms with Crippen molar-refractivity contribution < 1.29 is 0 Å². The Balaban J connectivity index is 2.19. The predicted molar refractivity (Wildman–Crippen MR) is 90.0 cm³/mol. The number of unbranched alkanes of at least 4 members (excludes halogenated alkanes) is 7. The van der Waals surface area contributed by atoms with E-state index in [1.54, 1.807) is 17.0 Å². The molecule has 0 aliphatic heterocycles. The van der Waals surface area contributed by atoms with E-state index in [4.69, 9.17) is 0 Å². The van der Waals surface area contributed by atoms with Crippen LogP contribution in [0.5, 0.6) is 0 Å². The van der Waals surface area contributed by atoms with E-state index in [1.165, 1.54) is 44.9 Å². The first-order valence-electron chi connectivity index (χ1n) is 8.47. The minimum atomic E-state index is -0.0212. The second-order valence-electron chi connectivity index (χ2n) is 5.98. The fourth-order valence-electron chi connectivity index (χ4n) is 2.42. The summed E-state index contributed by atoms with van der Waals surface area (Å²) in [6.07, 6.45) is 13.8. The van der Waals surface area contributed by atoms with Gasteiger partial charge < -0.3 is 9.88 Å². The summed E-state index contributed by atoms with van der Waals surface area (Å²) in [5, 5.41) is 3.17. The van der Waals surface area contributed by atoms with Crippen molar-refractivity contribution in [2.75, 3.05) is 11.9 Å². The van der Waals surface area contributed by atoms with Gasteiger partial charge in [-0.3, -0.25) is 4.79 Å². The van der Waals surface area contributed by atoms with Crippen molar-refractivity contribution >= 4 is 5.82 Å². The Morgan fingerprint density at radius 2 is 1.71 bits per heavy atom. The lowest BCUT2D eigenvalue weighted by Gasteiger charge is -2.11. The normalized spacial score (nSPS) is 11.0. The Hall–Kier alpha value is -1.32. The van der Waals surface area contributed by atoms with Crippen molar-refractivity contribution in [3.63, 3.8) is 0 Å². The fraction of sp³-hybridized carbons (Fsp3) is 0.765. The molecule has 0 fully saturated rings. The van der Waals surface area contributed by atoms with Crippen LogP contribution in [0.3, 0.4) is 0 Å². The number of nitrogens with one attached hydrogen (secondary N) is 1. The highest BCUT2D eigenvalue weighted by molar-refractivity contribution is 5.30. The van der Waals surface area contributed by atoms with Crippen LogP contribution in [0, 0.1) is 0 Å². The Labute approximate surface area is 129 Å². The van der Waals surface area contributed by atoms with Crippen molar-refractivity contribution in [3.05, 3.63) is 22.7 Å². The molecule has 0 bridgehead atoms. The van der Waals surface area contributed by atoms with Gasteiger partial charge in [-0.1, -0.05) is 51.9 Å². The molecule has 0 saturated heterocycles. The number of nitrogens with zero attached hydrogens (tertiary/aromatic N) is 2. The third kappa shape index (κ3) is 6.78. The number of hydrogen-bond donors (Lipinski definition) is 1. The maximum atomic E-state index is 12.1. The molecule has 0 aliphatic carbocycles. The first-order chi connectivity index (χ1) is 10.2. The molecule has 21 heavy (non-hydrogen) atoms. The highest BCUT2D eigenvalue weighted by atomic mass is 16.1. The molecular weight excluding hydrogens is 262 g/mol. The van der Waals surface area contributed by atoms with Crippen LogP contribution in [0.2, 0.25) is 0 Å². The molecule has 0 saturated carbocycles. The van der Waals surface area contributed by atoms with Gasteiger partial charge in [-0.05, 0) is 20.3 Å². The van der Waals surface area contributed by atoms with Crippen LogP contribution in [-0.4, -0.2) is 16.1 Å². The molecule has 120 valence electrons. The zero-order valence-electron chi connectivity index (χ0n) is 13.9. The van der Waals surface area contributed by atoms with Gasteiger partial charge >= 0.3 is 0 Å². The molecule has 0 unspecified atom stereocenters. The van der Waals surface area contributed by atoms with Crippen LogP contribution in [0.4, 0.5) is 5.82 Å². The lowest BCUT2D eigenvalue weighted by Crippen LogP contribution is -2.25. The summed E-state index contributed by atoms with van der Waals surface area (Å²) in [5.74, 6) is 0.481. The van der Waals surface area contributed by atoms with E-state index in [9.17, 15) is 4.79 Å². The Morgan fingerprint density at radius 3 is 2.33 bits per heavy atom. The molecule has 4 heteroatoms. The van der Waals surface area contributed by atoms with Gasteiger partial charge in [-0.2, -0.15) is 0 Å². The summed E-state index contributed by atoms with van der Waals surface area (Å²) < 4.78 is 1.71. The number of hydrogen-bond acceptors (Lipinski definition) is 3. The second kappa shape index (κ2) is 10.4. The highest BCUT2D eigenvalue weighted by Crippen LogP contribution is 2.08. The maximum absolute atomic E-state index is 12.1. The zero-order chi connectivity index (χ0) is 15.5. The first kappa shape index (κ1) is 17.7. The van der Waals surface area contributed by atoms with E-state index in [1.807, 2.05) is 13.8 Å². The minimum absolute atomic E-state index is 0.0212. The molecule has 0 amide bonds. The SMILES string of the molecule is CCCCCCCCCCNc1nccn(C(C)C)c1=O. The molecule has 0 spiro atoms. The summed E-state index contributed by atoms with van der Waals surface area (Å²) in [5.41, 5.74) is -0.0212. The van der Waals surface area contributed by atoms with E-state index < -0.39 is 0 Å². The van der Waals surface area contributed by atoms with Gasteiger partial charge in [0.05, 0.1) is 0 Å². The van der Waals surface area contributed by atoms with Gasteiger partial charge in [0, 0.05) is 25.0 Å². The van der Waals surface area contributed by atoms with Gasteiger partial charge in [0.15, 0.2) is 5.82 Å². The topological polar surface area (TPSA) is 46.9 Å². The molecule has 0 aromatic carbocycles. The first-order valence-corrected chi connectivity index (χ1v) is 8.47. The van der Waals surface area contributed by atoms with E-state index in [2.05, 4.69) is 17.2 Å². The smallest absolute Gasteiger partial charge is 0.293 e. The molecule has 0 aliphatic rings. The van der Waals surface area contributed by atoms with Gasteiger partial charge in [0.25, 0.3) is 5.56 Å². The van der Waals surface area contributed by atoms with E-state index in [0.717, 1.165) is 13.0 Å². The van der Waals surface area contributed by atoms with Crippen molar-refractivity contribution in [2.45, 2.75) is 78.2 Å². The van der Waals surface area contributed by atoms with Gasteiger partial charge in [-0.15, -0.1) is 0 Å². The standard InChI is InChI=1S/C17H31N3O/c1-4-5-6-7-8-9-10-11-12-18-16-17(21)20(15(2)3)14-13-19-16/h13-15H,4-12H2,1-3H3,(H,18,19). The predicted octanol–water partition coefficient (Wildman–Crippen LogP) is 4.38. The van der Waals surface area contributed by atoms with Crippen LogP contribution in [0.15, 0.2) is 17.2 Å². The number of aromatic nitrogens is 2. The molecule has 1 aromatic heterocycles. The molecule has 0 radical (unpaired) electrons. The summed E-state index contributed by atoms with van der Waals surface area (Å²) in [4.78, 5) is 16.3. The van der Waals surface area contributed by atoms with E-state index >= 15 is 0 Å². The summed E-state index contributed by atoms with van der Waals surface area (Å²) >= 11 is 0. The largest absolute Gasteiger partial charge is 0.365 e. The maximum Gasteiger partial charge on any atom is 0.293 e. The van der Waals surface area contributed by atoms with E-state index in [0.29, 0.717) is 5.82 Å². The van der Waals surface area contributed by atoms with Crippen LogP contribution in [-0.2, 0) is 0 Å². The molecule has 1 aromatic rings. The average molecular weight is 293 g/mol. The number of rotatable bonds is 11. The molecule has 1 heterocycles. The Morgan fingerprint density at radius 1 is 1.10 bits per heavy atom. The molecule has 1 rings (SSSR count). The van der Waals surface area contributed by atoms with Gasteiger partial charge in [0.1, 0.15) is 0 Å². The van der Waals surface area contributed by atoms with Gasteiger partial charge in [0.2, 0.25) is 0 Å². The van der Waals surface area contributed by atoms with E-state index in [-0.39, 0.29) is 11.6 Å².